The third-order valence-corrected chi connectivity index (χ3v) is 3.26. The summed E-state index contributed by atoms with van der Waals surface area (Å²) in [5, 5.41) is 3.31. The van der Waals surface area contributed by atoms with Gasteiger partial charge in [0, 0.05) is 23.9 Å². The second kappa shape index (κ2) is 5.12. The van der Waals surface area contributed by atoms with Crippen molar-refractivity contribution < 1.29 is 4.79 Å². The van der Waals surface area contributed by atoms with Gasteiger partial charge in [-0.15, -0.1) is 0 Å². The lowest BCUT2D eigenvalue weighted by Crippen LogP contribution is -2.32. The fourth-order valence-corrected chi connectivity index (χ4v) is 2.22. The summed E-state index contributed by atoms with van der Waals surface area (Å²) in [6, 6.07) is 2.22. The van der Waals surface area contributed by atoms with Crippen LogP contribution in [0.1, 0.15) is 31.4 Å². The highest BCUT2D eigenvalue weighted by atomic mass is 16.1. The van der Waals surface area contributed by atoms with Crippen LogP contribution >= 0.6 is 0 Å². The Morgan fingerprint density at radius 3 is 2.71 bits per heavy atom. The van der Waals surface area contributed by atoms with E-state index in [-0.39, 0.29) is 11.8 Å². The Bertz CT molecular complexity index is 399. The van der Waals surface area contributed by atoms with Crippen LogP contribution in [0.2, 0.25) is 0 Å². The van der Waals surface area contributed by atoms with Gasteiger partial charge in [0.2, 0.25) is 11.9 Å². The topological polar surface area (TPSA) is 80.9 Å². The van der Waals surface area contributed by atoms with Gasteiger partial charge in [-0.1, -0.05) is 0 Å². The maximum Gasteiger partial charge on any atom is 0.223 e. The minimum atomic E-state index is -0.171. The van der Waals surface area contributed by atoms with Crippen molar-refractivity contribution in [2.75, 3.05) is 5.32 Å². The van der Waals surface area contributed by atoms with Crippen LogP contribution in [0.15, 0.2) is 12.3 Å². The molecule has 0 spiro atoms. The third-order valence-electron chi connectivity index (χ3n) is 3.26. The van der Waals surface area contributed by atoms with E-state index in [0.29, 0.717) is 12.0 Å². The average molecular weight is 234 g/mol. The van der Waals surface area contributed by atoms with Crippen molar-refractivity contribution in [1.29, 1.82) is 0 Å². The van der Waals surface area contributed by atoms with E-state index in [9.17, 15) is 4.79 Å². The molecule has 5 nitrogen and oxygen atoms in total. The van der Waals surface area contributed by atoms with E-state index < -0.39 is 0 Å². The number of carbonyl (C=O) groups excluding carboxylic acids is 1. The summed E-state index contributed by atoms with van der Waals surface area (Å²) in [6.07, 6.45) is 5.37. The summed E-state index contributed by atoms with van der Waals surface area (Å²) < 4.78 is 0. The van der Waals surface area contributed by atoms with Crippen LogP contribution in [0.3, 0.4) is 0 Å². The van der Waals surface area contributed by atoms with Crippen molar-refractivity contribution in [2.24, 2.45) is 11.7 Å². The van der Waals surface area contributed by atoms with E-state index in [2.05, 4.69) is 15.3 Å². The predicted octanol–water partition coefficient (Wildman–Crippen LogP) is 1.24. The molecule has 1 aromatic rings. The SMILES string of the molecule is Cc1ccnc(NC2CCC(C(N)=O)CC2)n1. The first-order valence-corrected chi connectivity index (χ1v) is 6.00. The molecular formula is C12H18N4O. The maximum absolute atomic E-state index is 11.0. The Balaban J connectivity index is 1.88. The second-order valence-corrected chi connectivity index (χ2v) is 4.62. The molecule has 1 aromatic heterocycles. The van der Waals surface area contributed by atoms with Gasteiger partial charge in [-0.2, -0.15) is 0 Å². The molecule has 1 fully saturated rings. The first-order chi connectivity index (χ1) is 8.15. The van der Waals surface area contributed by atoms with Crippen LogP contribution in [-0.2, 0) is 4.79 Å². The summed E-state index contributed by atoms with van der Waals surface area (Å²) in [7, 11) is 0. The highest BCUT2D eigenvalue weighted by molar-refractivity contribution is 5.76. The molecule has 1 aliphatic carbocycles. The van der Waals surface area contributed by atoms with Gasteiger partial charge in [0.1, 0.15) is 0 Å². The molecule has 2 rings (SSSR count). The van der Waals surface area contributed by atoms with Crippen LogP contribution in [0.25, 0.3) is 0 Å². The number of primary amides is 1. The molecule has 0 radical (unpaired) electrons. The number of hydrogen-bond donors (Lipinski definition) is 2. The van der Waals surface area contributed by atoms with Crippen LogP contribution in [0.4, 0.5) is 5.95 Å². The smallest absolute Gasteiger partial charge is 0.223 e. The number of hydrogen-bond acceptors (Lipinski definition) is 4. The molecule has 92 valence electrons. The zero-order valence-corrected chi connectivity index (χ0v) is 10.0. The molecule has 0 atom stereocenters. The zero-order chi connectivity index (χ0) is 12.3. The number of carbonyl (C=O) groups is 1. The summed E-state index contributed by atoms with van der Waals surface area (Å²) in [4.78, 5) is 19.5. The Hall–Kier alpha value is -1.65. The molecule has 1 aliphatic rings. The minimum Gasteiger partial charge on any atom is -0.369 e. The molecule has 5 heteroatoms. The van der Waals surface area contributed by atoms with Crippen LogP contribution < -0.4 is 11.1 Å². The Kier molecular flexibility index (Phi) is 3.56. The quantitative estimate of drug-likeness (QED) is 0.824. The normalized spacial score (nSPS) is 24.3. The highest BCUT2D eigenvalue weighted by Gasteiger charge is 2.24. The molecule has 3 N–H and O–H groups in total. The molecular weight excluding hydrogens is 216 g/mol. The molecule has 0 saturated heterocycles. The van der Waals surface area contributed by atoms with Crippen LogP contribution in [-0.4, -0.2) is 21.9 Å². The van der Waals surface area contributed by atoms with E-state index in [1.165, 1.54) is 0 Å². The van der Waals surface area contributed by atoms with E-state index in [0.717, 1.165) is 31.4 Å². The second-order valence-electron chi connectivity index (χ2n) is 4.62. The number of nitrogens with one attached hydrogen (secondary N) is 1. The molecule has 1 amide bonds. The van der Waals surface area contributed by atoms with Crippen LogP contribution in [0.5, 0.6) is 0 Å². The molecule has 1 saturated carbocycles. The predicted molar refractivity (Wildman–Crippen MR) is 65.3 cm³/mol. The van der Waals surface area contributed by atoms with Crippen molar-refractivity contribution in [3.8, 4) is 0 Å². The summed E-state index contributed by atoms with van der Waals surface area (Å²) in [5.41, 5.74) is 6.25. The fourth-order valence-electron chi connectivity index (χ4n) is 2.22. The highest BCUT2D eigenvalue weighted by Crippen LogP contribution is 2.25. The van der Waals surface area contributed by atoms with Gasteiger partial charge < -0.3 is 11.1 Å². The first kappa shape index (κ1) is 11.8. The van der Waals surface area contributed by atoms with Crippen molar-refractivity contribution in [1.82, 2.24) is 9.97 Å². The van der Waals surface area contributed by atoms with E-state index >= 15 is 0 Å². The molecule has 0 unspecified atom stereocenters. The number of nitrogens with zero attached hydrogens (tertiary/aromatic N) is 2. The third kappa shape index (κ3) is 3.15. The first-order valence-electron chi connectivity index (χ1n) is 6.00. The van der Waals surface area contributed by atoms with Gasteiger partial charge in [0.25, 0.3) is 0 Å². The lowest BCUT2D eigenvalue weighted by Gasteiger charge is -2.27. The van der Waals surface area contributed by atoms with Crippen LogP contribution in [0, 0.1) is 12.8 Å². The Morgan fingerprint density at radius 2 is 2.12 bits per heavy atom. The number of nitrogens with two attached hydrogens (primary N) is 1. The molecule has 0 aromatic carbocycles. The number of aryl methyl sites for hydroxylation is 1. The number of anilines is 1. The van der Waals surface area contributed by atoms with E-state index in [1.807, 2.05) is 13.0 Å². The van der Waals surface area contributed by atoms with Crippen molar-refractivity contribution >= 4 is 11.9 Å². The van der Waals surface area contributed by atoms with Crippen molar-refractivity contribution in [2.45, 2.75) is 38.6 Å². The van der Waals surface area contributed by atoms with E-state index in [1.54, 1.807) is 6.20 Å². The number of amides is 1. The molecule has 0 bridgehead atoms. The Morgan fingerprint density at radius 1 is 1.41 bits per heavy atom. The molecule has 1 heterocycles. The van der Waals surface area contributed by atoms with E-state index in [4.69, 9.17) is 5.73 Å². The summed E-state index contributed by atoms with van der Waals surface area (Å²) in [6.45, 7) is 1.94. The number of rotatable bonds is 3. The summed E-state index contributed by atoms with van der Waals surface area (Å²) >= 11 is 0. The van der Waals surface area contributed by atoms with Gasteiger partial charge in [-0.3, -0.25) is 4.79 Å². The van der Waals surface area contributed by atoms with Gasteiger partial charge >= 0.3 is 0 Å². The minimum absolute atomic E-state index is 0.0477. The van der Waals surface area contributed by atoms with Crippen molar-refractivity contribution in [3.05, 3.63) is 18.0 Å². The monoisotopic (exact) mass is 234 g/mol. The van der Waals surface area contributed by atoms with Crippen molar-refractivity contribution in [3.63, 3.8) is 0 Å². The van der Waals surface area contributed by atoms with Gasteiger partial charge in [-0.25, -0.2) is 9.97 Å². The molecule has 17 heavy (non-hydrogen) atoms. The lowest BCUT2D eigenvalue weighted by molar-refractivity contribution is -0.122. The Labute approximate surface area is 101 Å². The van der Waals surface area contributed by atoms with Gasteiger partial charge in [0.05, 0.1) is 0 Å². The number of aromatic nitrogens is 2. The van der Waals surface area contributed by atoms with Gasteiger partial charge in [0.15, 0.2) is 0 Å². The average Bonchev–Trinajstić information content (AvgIpc) is 2.29. The fraction of sp³-hybridized carbons (Fsp3) is 0.583. The molecule has 0 aliphatic heterocycles. The largest absolute Gasteiger partial charge is 0.369 e. The maximum atomic E-state index is 11.0. The zero-order valence-electron chi connectivity index (χ0n) is 10.0. The summed E-state index contributed by atoms with van der Waals surface area (Å²) in [5.74, 6) is 0.550. The van der Waals surface area contributed by atoms with Gasteiger partial charge in [-0.05, 0) is 38.7 Å². The standard InChI is InChI=1S/C12H18N4O/c1-8-6-7-14-12(15-8)16-10-4-2-9(3-5-10)11(13)17/h6-7,9-10H,2-5H2,1H3,(H2,13,17)(H,14,15,16). The lowest BCUT2D eigenvalue weighted by atomic mass is 9.86.